The van der Waals surface area contributed by atoms with Gasteiger partial charge in [0.2, 0.25) is 0 Å². The van der Waals surface area contributed by atoms with E-state index >= 15 is 0 Å². The molecular formula is C15H23N3O+2. The fourth-order valence-electron chi connectivity index (χ4n) is 3.01. The van der Waals surface area contributed by atoms with Crippen molar-refractivity contribution in [3.63, 3.8) is 0 Å². The van der Waals surface area contributed by atoms with Gasteiger partial charge in [0.25, 0.3) is 0 Å². The van der Waals surface area contributed by atoms with Crippen LogP contribution < -0.4 is 10.2 Å². The minimum atomic E-state index is -0.260. The molecule has 0 aliphatic carbocycles. The molecule has 1 atom stereocenters. The molecule has 1 aromatic heterocycles. The first-order chi connectivity index (χ1) is 9.33. The zero-order valence-electron chi connectivity index (χ0n) is 11.3. The van der Waals surface area contributed by atoms with Crippen molar-refractivity contribution in [2.24, 2.45) is 0 Å². The number of rotatable bonds is 4. The first kappa shape index (κ1) is 12.7. The van der Waals surface area contributed by atoms with Crippen molar-refractivity contribution in [3.8, 4) is 0 Å². The zero-order valence-corrected chi connectivity index (χ0v) is 11.3. The average molecular weight is 261 g/mol. The Morgan fingerprint density at radius 3 is 2.84 bits per heavy atom. The van der Waals surface area contributed by atoms with Gasteiger partial charge in [0.15, 0.2) is 0 Å². The second-order valence-electron chi connectivity index (χ2n) is 5.50. The number of aromatic nitrogens is 1. The number of hydrogen-bond donors (Lipinski definition) is 3. The van der Waals surface area contributed by atoms with Crippen LogP contribution in [0.3, 0.4) is 0 Å². The summed E-state index contributed by atoms with van der Waals surface area (Å²) in [5.74, 6) is 0. The van der Waals surface area contributed by atoms with E-state index in [4.69, 9.17) is 0 Å². The highest BCUT2D eigenvalue weighted by molar-refractivity contribution is 5.79. The molecule has 4 N–H and O–H groups in total. The Bertz CT molecular complexity index is 531. The molecule has 4 heteroatoms. The third-order valence-electron chi connectivity index (χ3n) is 4.02. The van der Waals surface area contributed by atoms with Gasteiger partial charge in [-0.05, 0) is 17.5 Å². The maximum atomic E-state index is 10.3. The molecule has 4 nitrogen and oxygen atoms in total. The van der Waals surface area contributed by atoms with Crippen molar-refractivity contribution in [1.29, 1.82) is 0 Å². The molecule has 1 saturated heterocycles. The Hall–Kier alpha value is -1.36. The monoisotopic (exact) mass is 261 g/mol. The van der Waals surface area contributed by atoms with Crippen LogP contribution in [0.1, 0.15) is 0 Å². The second-order valence-corrected chi connectivity index (χ2v) is 5.50. The molecule has 19 heavy (non-hydrogen) atoms. The van der Waals surface area contributed by atoms with Crippen LogP contribution in [0.25, 0.3) is 10.9 Å². The summed E-state index contributed by atoms with van der Waals surface area (Å²) in [7, 11) is 0. The summed E-state index contributed by atoms with van der Waals surface area (Å²) in [6.45, 7) is 6.27. The number of hydrogen-bond acceptors (Lipinski definition) is 1. The average Bonchev–Trinajstić information content (AvgIpc) is 2.83. The minimum absolute atomic E-state index is 0.260. The minimum Gasteiger partial charge on any atom is -0.385 e. The molecule has 1 aromatic carbocycles. The lowest BCUT2D eigenvalue weighted by Gasteiger charge is -2.24. The summed E-state index contributed by atoms with van der Waals surface area (Å²) < 4.78 is 2.16. The number of nitrogens with zero attached hydrogens (tertiary/aromatic N) is 1. The number of nitrogens with one attached hydrogen (secondary N) is 1. The Morgan fingerprint density at radius 1 is 1.21 bits per heavy atom. The number of aliphatic hydroxyl groups is 1. The van der Waals surface area contributed by atoms with Crippen LogP contribution >= 0.6 is 0 Å². The summed E-state index contributed by atoms with van der Waals surface area (Å²) in [6, 6.07) is 10.5. The van der Waals surface area contributed by atoms with Gasteiger partial charge in [-0.25, -0.2) is 0 Å². The van der Waals surface area contributed by atoms with E-state index in [-0.39, 0.29) is 6.10 Å². The standard InChI is InChI=1S/C15H21N3O/c19-14(11-17-9-6-16-7-10-17)12-18-8-5-13-3-1-2-4-15(13)18/h1-5,8,14,16,19H,6-7,9-12H2/p+2/t14-/m0/s1. The summed E-state index contributed by atoms with van der Waals surface area (Å²) in [4.78, 5) is 1.53. The molecule has 102 valence electrons. The molecule has 1 fully saturated rings. The normalized spacial score (nSPS) is 18.8. The second kappa shape index (κ2) is 5.74. The quantitative estimate of drug-likeness (QED) is 0.614. The van der Waals surface area contributed by atoms with Crippen LogP contribution in [0.5, 0.6) is 0 Å². The number of aliphatic hydroxyl groups excluding tert-OH is 1. The van der Waals surface area contributed by atoms with Crippen molar-refractivity contribution in [2.75, 3.05) is 32.7 Å². The van der Waals surface area contributed by atoms with Crippen LogP contribution in [-0.4, -0.2) is 48.5 Å². The van der Waals surface area contributed by atoms with Crippen LogP contribution in [0.2, 0.25) is 0 Å². The molecule has 2 aromatic rings. The molecule has 2 heterocycles. The van der Waals surface area contributed by atoms with Crippen LogP contribution in [0, 0.1) is 0 Å². The fraction of sp³-hybridized carbons (Fsp3) is 0.467. The predicted molar refractivity (Wildman–Crippen MR) is 75.2 cm³/mol. The first-order valence-corrected chi connectivity index (χ1v) is 7.20. The van der Waals surface area contributed by atoms with E-state index in [9.17, 15) is 5.11 Å². The van der Waals surface area contributed by atoms with Crippen molar-refractivity contribution >= 4 is 10.9 Å². The highest BCUT2D eigenvalue weighted by Crippen LogP contribution is 2.15. The van der Waals surface area contributed by atoms with Crippen molar-refractivity contribution in [1.82, 2.24) is 4.57 Å². The van der Waals surface area contributed by atoms with Crippen molar-refractivity contribution in [2.45, 2.75) is 12.6 Å². The lowest BCUT2D eigenvalue weighted by atomic mass is 10.2. The molecule has 1 aliphatic heterocycles. The van der Waals surface area contributed by atoms with Crippen molar-refractivity contribution in [3.05, 3.63) is 36.5 Å². The number of fused-ring (bicyclic) bond motifs is 1. The van der Waals surface area contributed by atoms with Gasteiger partial charge in [0.1, 0.15) is 38.8 Å². The third kappa shape index (κ3) is 2.97. The fourth-order valence-corrected chi connectivity index (χ4v) is 3.01. The molecule has 0 spiro atoms. The van der Waals surface area contributed by atoms with Gasteiger partial charge < -0.3 is 19.9 Å². The number of para-hydroxylation sites is 1. The molecule has 1 aliphatic rings. The largest absolute Gasteiger partial charge is 0.385 e. The zero-order chi connectivity index (χ0) is 13.1. The molecule has 0 saturated carbocycles. The molecule has 0 amide bonds. The third-order valence-corrected chi connectivity index (χ3v) is 4.02. The van der Waals surface area contributed by atoms with Gasteiger partial charge in [-0.3, -0.25) is 0 Å². The van der Waals surface area contributed by atoms with Gasteiger partial charge in [0, 0.05) is 11.7 Å². The Labute approximate surface area is 113 Å². The summed E-state index contributed by atoms with van der Waals surface area (Å²) >= 11 is 0. The predicted octanol–water partition coefficient (Wildman–Crippen LogP) is -1.54. The molecule has 0 radical (unpaired) electrons. The molecule has 3 rings (SSSR count). The van der Waals surface area contributed by atoms with E-state index in [1.165, 1.54) is 42.0 Å². The van der Waals surface area contributed by atoms with Crippen LogP contribution in [-0.2, 0) is 6.54 Å². The molecular weight excluding hydrogens is 238 g/mol. The number of nitrogens with two attached hydrogens (primary N) is 1. The lowest BCUT2D eigenvalue weighted by Crippen LogP contribution is -3.21. The van der Waals surface area contributed by atoms with Crippen LogP contribution in [0.4, 0.5) is 0 Å². The first-order valence-electron chi connectivity index (χ1n) is 7.20. The summed E-state index contributed by atoms with van der Waals surface area (Å²) in [5, 5.41) is 13.9. The van der Waals surface area contributed by atoms with E-state index < -0.39 is 0 Å². The van der Waals surface area contributed by atoms with Gasteiger partial charge >= 0.3 is 0 Å². The highest BCUT2D eigenvalue weighted by atomic mass is 16.3. The van der Waals surface area contributed by atoms with E-state index in [0.29, 0.717) is 6.54 Å². The SMILES string of the molecule is O[C@H](Cn1ccc2ccccc21)C[NH+]1CC[NH2+]CC1. The van der Waals surface area contributed by atoms with E-state index in [2.05, 4.69) is 46.4 Å². The topological polar surface area (TPSA) is 46.2 Å². The Morgan fingerprint density at radius 2 is 2.00 bits per heavy atom. The maximum Gasteiger partial charge on any atom is 0.127 e. The maximum absolute atomic E-state index is 10.3. The molecule has 0 bridgehead atoms. The summed E-state index contributed by atoms with van der Waals surface area (Å²) in [6.07, 6.45) is 1.82. The Kier molecular flexibility index (Phi) is 3.82. The van der Waals surface area contributed by atoms with E-state index in [1.807, 2.05) is 0 Å². The van der Waals surface area contributed by atoms with Gasteiger partial charge in [-0.15, -0.1) is 0 Å². The van der Waals surface area contributed by atoms with Gasteiger partial charge in [-0.2, -0.15) is 0 Å². The van der Waals surface area contributed by atoms with Gasteiger partial charge in [0.05, 0.1) is 6.54 Å². The smallest absolute Gasteiger partial charge is 0.127 e. The Balaban J connectivity index is 1.63. The van der Waals surface area contributed by atoms with Gasteiger partial charge in [-0.1, -0.05) is 18.2 Å². The van der Waals surface area contributed by atoms with Crippen LogP contribution in [0.15, 0.2) is 36.5 Å². The highest BCUT2D eigenvalue weighted by Gasteiger charge is 2.19. The number of piperazine rings is 1. The molecule has 0 unspecified atom stereocenters. The number of quaternary nitrogens is 2. The summed E-state index contributed by atoms with van der Waals surface area (Å²) in [5.41, 5.74) is 1.21. The van der Waals surface area contributed by atoms with E-state index in [1.54, 1.807) is 0 Å². The number of benzene rings is 1. The van der Waals surface area contributed by atoms with E-state index in [0.717, 1.165) is 6.54 Å². The van der Waals surface area contributed by atoms with Crippen molar-refractivity contribution < 1.29 is 15.3 Å². The lowest BCUT2D eigenvalue weighted by molar-refractivity contribution is -0.949.